The fourth-order valence-corrected chi connectivity index (χ4v) is 3.23. The molecule has 2 aromatic carbocycles. The number of hydrogen-bond acceptors (Lipinski definition) is 4. The van der Waals surface area contributed by atoms with Gasteiger partial charge in [0.2, 0.25) is 5.91 Å². The van der Waals surface area contributed by atoms with Gasteiger partial charge in [-0.25, -0.2) is 4.79 Å². The molecule has 1 aliphatic heterocycles. The number of hydrogen-bond donors (Lipinski definition) is 1. The fourth-order valence-electron chi connectivity index (χ4n) is 3.23. The van der Waals surface area contributed by atoms with Crippen molar-refractivity contribution in [3.05, 3.63) is 48.0 Å². The van der Waals surface area contributed by atoms with E-state index >= 15 is 0 Å². The summed E-state index contributed by atoms with van der Waals surface area (Å²) in [5, 5.41) is 13.5. The number of likely N-dealkylation sites (N-methyl/N-ethyl adjacent to an activating group) is 1. The SMILES string of the molecule is CCN(CC#N)C(=O)CN1C(=O)NC(C)(c2ccc3ccccc3c2)C1=O. The molecule has 2 aromatic rings. The largest absolute Gasteiger partial charge is 0.328 e. The number of rotatable bonds is 5. The lowest BCUT2D eigenvalue weighted by Gasteiger charge is -2.23. The molecule has 27 heavy (non-hydrogen) atoms. The summed E-state index contributed by atoms with van der Waals surface area (Å²) in [7, 11) is 0. The number of imide groups is 1. The van der Waals surface area contributed by atoms with Crippen LogP contribution < -0.4 is 5.32 Å². The molecule has 138 valence electrons. The van der Waals surface area contributed by atoms with Crippen LogP contribution in [0.15, 0.2) is 42.5 Å². The van der Waals surface area contributed by atoms with Crippen LogP contribution in [0.2, 0.25) is 0 Å². The van der Waals surface area contributed by atoms with Crippen molar-refractivity contribution in [2.75, 3.05) is 19.6 Å². The van der Waals surface area contributed by atoms with Crippen LogP contribution in [0.4, 0.5) is 4.79 Å². The normalized spacial score (nSPS) is 19.1. The Labute approximate surface area is 157 Å². The summed E-state index contributed by atoms with van der Waals surface area (Å²) in [6.45, 7) is 3.23. The van der Waals surface area contributed by atoms with E-state index in [-0.39, 0.29) is 13.1 Å². The number of urea groups is 1. The highest BCUT2D eigenvalue weighted by molar-refractivity contribution is 6.09. The maximum absolute atomic E-state index is 13.0. The minimum atomic E-state index is -1.24. The van der Waals surface area contributed by atoms with Gasteiger partial charge < -0.3 is 10.2 Å². The highest BCUT2D eigenvalue weighted by Gasteiger charge is 2.49. The summed E-state index contributed by atoms with van der Waals surface area (Å²) in [6.07, 6.45) is 0. The predicted octanol–water partition coefficient (Wildman–Crippen LogP) is 1.98. The van der Waals surface area contributed by atoms with Crippen LogP contribution in [0.25, 0.3) is 10.8 Å². The second kappa shape index (κ2) is 7.08. The molecule has 0 spiro atoms. The topological polar surface area (TPSA) is 93.5 Å². The zero-order chi connectivity index (χ0) is 19.6. The zero-order valence-electron chi connectivity index (χ0n) is 15.2. The smallest absolute Gasteiger partial charge is 0.325 e. The molecule has 0 saturated carbocycles. The third kappa shape index (κ3) is 3.22. The number of amides is 4. The van der Waals surface area contributed by atoms with Gasteiger partial charge in [-0.2, -0.15) is 5.26 Å². The van der Waals surface area contributed by atoms with Crippen molar-refractivity contribution in [3.8, 4) is 6.07 Å². The predicted molar refractivity (Wildman–Crippen MR) is 99.4 cm³/mol. The molecule has 0 radical (unpaired) electrons. The molecule has 1 saturated heterocycles. The third-order valence-corrected chi connectivity index (χ3v) is 4.89. The van der Waals surface area contributed by atoms with Crippen LogP contribution in [0.3, 0.4) is 0 Å². The van der Waals surface area contributed by atoms with E-state index in [1.165, 1.54) is 4.90 Å². The summed E-state index contributed by atoms with van der Waals surface area (Å²) in [4.78, 5) is 39.9. The van der Waals surface area contributed by atoms with E-state index in [2.05, 4.69) is 5.32 Å². The maximum atomic E-state index is 13.0. The molecule has 7 nitrogen and oxygen atoms in total. The molecule has 4 amide bonds. The Balaban J connectivity index is 1.87. The Morgan fingerprint density at radius 3 is 2.59 bits per heavy atom. The van der Waals surface area contributed by atoms with Gasteiger partial charge in [0.15, 0.2) is 0 Å². The van der Waals surface area contributed by atoms with Gasteiger partial charge in [0.25, 0.3) is 5.91 Å². The minimum Gasteiger partial charge on any atom is -0.328 e. The number of nitriles is 1. The van der Waals surface area contributed by atoms with Crippen molar-refractivity contribution >= 4 is 28.6 Å². The van der Waals surface area contributed by atoms with E-state index < -0.39 is 23.4 Å². The Morgan fingerprint density at radius 2 is 1.93 bits per heavy atom. The number of benzene rings is 2. The quantitative estimate of drug-likeness (QED) is 0.648. The van der Waals surface area contributed by atoms with E-state index in [4.69, 9.17) is 5.26 Å². The number of carbonyl (C=O) groups is 3. The molecule has 1 atom stereocenters. The minimum absolute atomic E-state index is 0.0824. The maximum Gasteiger partial charge on any atom is 0.325 e. The van der Waals surface area contributed by atoms with E-state index in [0.717, 1.165) is 15.7 Å². The second-order valence-corrected chi connectivity index (χ2v) is 6.57. The lowest BCUT2D eigenvalue weighted by Crippen LogP contribution is -2.44. The first-order chi connectivity index (χ1) is 12.9. The summed E-state index contributed by atoms with van der Waals surface area (Å²) in [5.41, 5.74) is -0.591. The molecule has 1 aliphatic rings. The highest BCUT2D eigenvalue weighted by atomic mass is 16.2. The van der Waals surface area contributed by atoms with Gasteiger partial charge in [0.1, 0.15) is 18.6 Å². The van der Waals surface area contributed by atoms with Crippen molar-refractivity contribution in [3.63, 3.8) is 0 Å². The van der Waals surface area contributed by atoms with Crippen LogP contribution in [-0.4, -0.2) is 47.3 Å². The van der Waals surface area contributed by atoms with Gasteiger partial charge in [-0.15, -0.1) is 0 Å². The van der Waals surface area contributed by atoms with Gasteiger partial charge in [0.05, 0.1) is 6.07 Å². The van der Waals surface area contributed by atoms with Crippen LogP contribution in [0.5, 0.6) is 0 Å². The van der Waals surface area contributed by atoms with Gasteiger partial charge in [-0.1, -0.05) is 36.4 Å². The third-order valence-electron chi connectivity index (χ3n) is 4.89. The van der Waals surface area contributed by atoms with Gasteiger partial charge in [0, 0.05) is 6.54 Å². The first-order valence-corrected chi connectivity index (χ1v) is 8.69. The molecule has 1 unspecified atom stereocenters. The molecule has 0 bridgehead atoms. The average molecular weight is 364 g/mol. The second-order valence-electron chi connectivity index (χ2n) is 6.57. The molecule has 1 fully saturated rings. The molecule has 7 heteroatoms. The van der Waals surface area contributed by atoms with Crippen LogP contribution in [-0.2, 0) is 15.1 Å². The molecule has 1 heterocycles. The van der Waals surface area contributed by atoms with Crippen LogP contribution in [0, 0.1) is 11.3 Å². The first-order valence-electron chi connectivity index (χ1n) is 8.69. The van der Waals surface area contributed by atoms with Gasteiger partial charge >= 0.3 is 6.03 Å². The first kappa shape index (κ1) is 18.4. The van der Waals surface area contributed by atoms with Crippen LogP contribution in [0.1, 0.15) is 19.4 Å². The monoisotopic (exact) mass is 364 g/mol. The number of nitrogens with one attached hydrogen (secondary N) is 1. The van der Waals surface area contributed by atoms with E-state index in [1.54, 1.807) is 19.9 Å². The average Bonchev–Trinajstić information content (AvgIpc) is 2.89. The Bertz CT molecular complexity index is 965. The van der Waals surface area contributed by atoms with E-state index in [9.17, 15) is 14.4 Å². The summed E-state index contributed by atoms with van der Waals surface area (Å²) in [5.74, 6) is -0.922. The van der Waals surface area contributed by atoms with Crippen molar-refractivity contribution in [1.29, 1.82) is 5.26 Å². The highest BCUT2D eigenvalue weighted by Crippen LogP contribution is 2.31. The number of fused-ring (bicyclic) bond motifs is 1. The number of nitrogens with zero attached hydrogens (tertiary/aromatic N) is 3. The van der Waals surface area contributed by atoms with Gasteiger partial charge in [-0.3, -0.25) is 14.5 Å². The molecule has 0 aromatic heterocycles. The standard InChI is InChI=1S/C20H20N4O3/c1-3-23(11-10-21)17(25)13-24-18(26)20(2,22-19(24)27)16-9-8-14-6-4-5-7-15(14)12-16/h4-9,12H,3,11,13H2,1-2H3,(H,22,27). The van der Waals surface area contributed by atoms with Crippen molar-refractivity contribution in [2.45, 2.75) is 19.4 Å². The van der Waals surface area contributed by atoms with E-state index in [1.807, 2.05) is 42.5 Å². The van der Waals surface area contributed by atoms with Crippen molar-refractivity contribution in [2.24, 2.45) is 0 Å². The summed E-state index contributed by atoms with van der Waals surface area (Å²) in [6, 6.07) is 14.6. The number of carbonyl (C=O) groups excluding carboxylic acids is 3. The Morgan fingerprint density at radius 1 is 1.22 bits per heavy atom. The lowest BCUT2D eigenvalue weighted by atomic mass is 9.90. The summed E-state index contributed by atoms with van der Waals surface area (Å²) >= 11 is 0. The van der Waals surface area contributed by atoms with Crippen molar-refractivity contribution < 1.29 is 14.4 Å². The summed E-state index contributed by atoms with van der Waals surface area (Å²) < 4.78 is 0. The molecule has 1 N–H and O–H groups in total. The Hall–Kier alpha value is -3.40. The molecule has 0 aliphatic carbocycles. The van der Waals surface area contributed by atoms with Crippen molar-refractivity contribution in [1.82, 2.24) is 15.1 Å². The molecular formula is C20H20N4O3. The molecule has 3 rings (SSSR count). The molecular weight excluding hydrogens is 344 g/mol. The fraction of sp³-hybridized carbons (Fsp3) is 0.300. The van der Waals surface area contributed by atoms with Gasteiger partial charge in [-0.05, 0) is 36.2 Å². The zero-order valence-corrected chi connectivity index (χ0v) is 15.2. The van der Waals surface area contributed by atoms with E-state index in [0.29, 0.717) is 12.1 Å². The Kier molecular flexibility index (Phi) is 4.82. The van der Waals surface area contributed by atoms with Crippen LogP contribution >= 0.6 is 0 Å². The lowest BCUT2D eigenvalue weighted by molar-refractivity contribution is -0.138.